The minimum Gasteiger partial charge on any atom is -0.390 e. The zero-order valence-corrected chi connectivity index (χ0v) is 16.0. The van der Waals surface area contributed by atoms with Crippen LogP contribution in [0.1, 0.15) is 50.6 Å². The summed E-state index contributed by atoms with van der Waals surface area (Å²) >= 11 is 6.00. The van der Waals surface area contributed by atoms with Crippen molar-refractivity contribution >= 4 is 17.6 Å². The Morgan fingerprint density at radius 3 is 2.38 bits per heavy atom. The van der Waals surface area contributed by atoms with Crippen molar-refractivity contribution in [1.82, 2.24) is 9.80 Å². The molecule has 2 unspecified atom stereocenters. The number of carbonyl (C=O) groups is 1. The van der Waals surface area contributed by atoms with Crippen LogP contribution >= 0.6 is 11.6 Å². The highest BCUT2D eigenvalue weighted by atomic mass is 35.5. The van der Waals surface area contributed by atoms with Gasteiger partial charge in [0.15, 0.2) is 0 Å². The number of nitrogens with zero attached hydrogens (tertiary/aromatic N) is 2. The van der Waals surface area contributed by atoms with E-state index in [1.54, 1.807) is 0 Å². The van der Waals surface area contributed by atoms with Gasteiger partial charge in [0.1, 0.15) is 0 Å². The zero-order chi connectivity index (χ0) is 18.1. The summed E-state index contributed by atoms with van der Waals surface area (Å²) < 4.78 is 0. The summed E-state index contributed by atoms with van der Waals surface area (Å²) in [7, 11) is 0. The SMILES string of the molecule is C[C@@H](c1ccc(Cl)cc1)N1CCN(C2C3CC4CC2CC(O)(C4)C3)C1=O. The molecule has 1 N–H and O–H groups in total. The molecule has 26 heavy (non-hydrogen) atoms. The fourth-order valence-corrected chi connectivity index (χ4v) is 6.72. The highest BCUT2D eigenvalue weighted by Gasteiger charge is 2.57. The Hall–Kier alpha value is -1.26. The van der Waals surface area contributed by atoms with Crippen LogP contribution in [0.25, 0.3) is 0 Å². The molecule has 140 valence electrons. The van der Waals surface area contributed by atoms with Gasteiger partial charge in [-0.25, -0.2) is 4.79 Å². The van der Waals surface area contributed by atoms with E-state index in [-0.39, 0.29) is 12.1 Å². The molecule has 1 saturated heterocycles. The summed E-state index contributed by atoms with van der Waals surface area (Å²) in [6.45, 7) is 3.70. The number of benzene rings is 1. The summed E-state index contributed by atoms with van der Waals surface area (Å²) in [6.07, 6.45) is 5.16. The standard InChI is InChI=1S/C21H27ClN2O2/c1-13(15-2-4-18(22)5-3-15)23-6-7-24(20(23)25)19-16-8-14-9-17(19)12-21(26,10-14)11-16/h2-5,13-14,16-17,19,26H,6-12H2,1H3/t13-,14?,16?,17?,19?,21?/m0/s1. The normalized spacial score (nSPS) is 39.7. The average Bonchev–Trinajstić information content (AvgIpc) is 2.95. The largest absolute Gasteiger partial charge is 0.390 e. The topological polar surface area (TPSA) is 43.8 Å². The molecule has 1 aliphatic heterocycles. The second-order valence-electron chi connectivity index (χ2n) is 9.08. The first-order valence-electron chi connectivity index (χ1n) is 9.99. The third-order valence-corrected chi connectivity index (χ3v) is 7.70. The van der Waals surface area contributed by atoms with E-state index < -0.39 is 5.60 Å². The number of urea groups is 1. The maximum Gasteiger partial charge on any atom is 0.320 e. The fraction of sp³-hybridized carbons (Fsp3) is 0.667. The minimum absolute atomic E-state index is 0.0609. The van der Waals surface area contributed by atoms with Crippen molar-refractivity contribution < 1.29 is 9.90 Å². The Bertz CT molecular complexity index is 705. The molecule has 1 heterocycles. The van der Waals surface area contributed by atoms with Gasteiger partial charge in [-0.15, -0.1) is 0 Å². The highest BCUT2D eigenvalue weighted by Crippen LogP contribution is 2.57. The first-order valence-corrected chi connectivity index (χ1v) is 10.4. The summed E-state index contributed by atoms with van der Waals surface area (Å²) in [5, 5.41) is 11.5. The Morgan fingerprint density at radius 2 is 1.77 bits per heavy atom. The van der Waals surface area contributed by atoms with E-state index in [0.29, 0.717) is 23.8 Å². The van der Waals surface area contributed by atoms with Crippen molar-refractivity contribution in [3.05, 3.63) is 34.9 Å². The fourth-order valence-electron chi connectivity index (χ4n) is 6.59. The van der Waals surface area contributed by atoms with E-state index >= 15 is 0 Å². The van der Waals surface area contributed by atoms with Gasteiger partial charge in [-0.3, -0.25) is 0 Å². The molecule has 4 saturated carbocycles. The second kappa shape index (κ2) is 5.87. The Morgan fingerprint density at radius 1 is 1.12 bits per heavy atom. The second-order valence-corrected chi connectivity index (χ2v) is 9.52. The van der Waals surface area contributed by atoms with E-state index in [1.165, 1.54) is 12.8 Å². The van der Waals surface area contributed by atoms with Crippen LogP contribution < -0.4 is 0 Å². The number of hydrogen-bond acceptors (Lipinski definition) is 2. The van der Waals surface area contributed by atoms with Gasteiger partial charge in [0.2, 0.25) is 0 Å². The van der Waals surface area contributed by atoms with Gasteiger partial charge >= 0.3 is 6.03 Å². The molecular weight excluding hydrogens is 348 g/mol. The third-order valence-electron chi connectivity index (χ3n) is 7.44. The van der Waals surface area contributed by atoms with Gasteiger partial charge in [-0.2, -0.15) is 0 Å². The van der Waals surface area contributed by atoms with Crippen molar-refractivity contribution in [2.45, 2.75) is 56.7 Å². The minimum atomic E-state index is -0.438. The van der Waals surface area contributed by atoms with Gasteiger partial charge in [0.05, 0.1) is 11.6 Å². The van der Waals surface area contributed by atoms with Crippen molar-refractivity contribution in [1.29, 1.82) is 0 Å². The van der Waals surface area contributed by atoms with Crippen LogP contribution in [0.4, 0.5) is 4.79 Å². The molecule has 0 radical (unpaired) electrons. The van der Waals surface area contributed by atoms with Gasteiger partial charge in [-0.05, 0) is 74.5 Å². The zero-order valence-electron chi connectivity index (χ0n) is 15.3. The van der Waals surface area contributed by atoms with Crippen LogP contribution in [-0.2, 0) is 0 Å². The lowest BCUT2D eigenvalue weighted by Crippen LogP contribution is -2.62. The summed E-state index contributed by atoms with van der Waals surface area (Å²) in [6, 6.07) is 8.39. The highest BCUT2D eigenvalue weighted by molar-refractivity contribution is 6.30. The van der Waals surface area contributed by atoms with Crippen molar-refractivity contribution in [3.63, 3.8) is 0 Å². The van der Waals surface area contributed by atoms with Crippen LogP contribution in [0.3, 0.4) is 0 Å². The Balaban J connectivity index is 1.34. The molecule has 0 spiro atoms. The molecule has 2 amide bonds. The molecule has 5 aliphatic rings. The number of aliphatic hydroxyl groups is 1. The quantitative estimate of drug-likeness (QED) is 0.866. The van der Waals surface area contributed by atoms with E-state index in [1.807, 2.05) is 29.2 Å². The third kappa shape index (κ3) is 2.56. The molecule has 4 bridgehead atoms. The molecule has 3 atom stereocenters. The summed E-state index contributed by atoms with van der Waals surface area (Å²) in [5.74, 6) is 1.65. The van der Waals surface area contributed by atoms with E-state index in [4.69, 9.17) is 11.6 Å². The smallest absolute Gasteiger partial charge is 0.320 e. The van der Waals surface area contributed by atoms with Crippen molar-refractivity contribution in [3.8, 4) is 0 Å². The van der Waals surface area contributed by atoms with Gasteiger partial charge in [-0.1, -0.05) is 23.7 Å². The Labute approximate surface area is 160 Å². The van der Waals surface area contributed by atoms with Gasteiger partial charge in [0.25, 0.3) is 0 Å². The number of halogens is 1. The van der Waals surface area contributed by atoms with Crippen LogP contribution in [-0.4, -0.2) is 45.7 Å². The summed E-state index contributed by atoms with van der Waals surface area (Å²) in [4.78, 5) is 17.4. The van der Waals surface area contributed by atoms with Crippen LogP contribution in [0.15, 0.2) is 24.3 Å². The van der Waals surface area contributed by atoms with Crippen LogP contribution in [0.5, 0.6) is 0 Å². The molecule has 5 fully saturated rings. The predicted molar refractivity (Wildman–Crippen MR) is 101 cm³/mol. The lowest BCUT2D eigenvalue weighted by atomic mass is 9.52. The molecule has 1 aromatic rings. The number of amides is 2. The average molecular weight is 375 g/mol. The van der Waals surface area contributed by atoms with Crippen LogP contribution in [0.2, 0.25) is 5.02 Å². The lowest BCUT2D eigenvalue weighted by Gasteiger charge is -2.59. The first kappa shape index (κ1) is 16.9. The van der Waals surface area contributed by atoms with Crippen molar-refractivity contribution in [2.75, 3.05) is 13.1 Å². The molecular formula is C21H27ClN2O2. The molecule has 1 aromatic carbocycles. The predicted octanol–water partition coefficient (Wildman–Crippen LogP) is 4.08. The maximum absolute atomic E-state index is 13.3. The first-order chi connectivity index (χ1) is 12.4. The van der Waals surface area contributed by atoms with E-state index in [0.717, 1.165) is 42.9 Å². The van der Waals surface area contributed by atoms with Gasteiger partial charge < -0.3 is 14.9 Å². The van der Waals surface area contributed by atoms with Crippen LogP contribution in [0, 0.1) is 17.8 Å². The molecule has 4 nitrogen and oxygen atoms in total. The number of hydrogen-bond donors (Lipinski definition) is 1. The Kier molecular flexibility index (Phi) is 3.81. The number of carbonyl (C=O) groups excluding carboxylic acids is 1. The number of rotatable bonds is 3. The summed E-state index contributed by atoms with van der Waals surface area (Å²) in [5.41, 5.74) is 0.690. The molecule has 6 rings (SSSR count). The molecule has 4 aliphatic carbocycles. The van der Waals surface area contributed by atoms with E-state index in [9.17, 15) is 9.90 Å². The molecule has 0 aromatic heterocycles. The monoisotopic (exact) mass is 374 g/mol. The van der Waals surface area contributed by atoms with E-state index in [2.05, 4.69) is 11.8 Å². The van der Waals surface area contributed by atoms with Gasteiger partial charge in [0, 0.05) is 24.2 Å². The maximum atomic E-state index is 13.3. The lowest BCUT2D eigenvalue weighted by molar-refractivity contribution is -0.152. The van der Waals surface area contributed by atoms with Crippen molar-refractivity contribution in [2.24, 2.45) is 17.8 Å². The molecule has 5 heteroatoms.